The minimum absolute atomic E-state index is 0.368. The number of aromatic hydroxyl groups is 2. The Hall–Kier alpha value is -2.28. The van der Waals surface area contributed by atoms with Crippen molar-refractivity contribution < 1.29 is 34.8 Å². The molecule has 1 atom stereocenters. The zero-order chi connectivity index (χ0) is 14.0. The van der Waals surface area contributed by atoms with E-state index in [2.05, 4.69) is 0 Å². The lowest BCUT2D eigenvalue weighted by atomic mass is 9.97. The molecule has 0 bridgehead atoms. The van der Waals surface area contributed by atoms with Crippen LogP contribution in [0.1, 0.15) is 28.9 Å². The van der Waals surface area contributed by atoms with Crippen LogP contribution in [0.25, 0.3) is 0 Å². The van der Waals surface area contributed by atoms with E-state index in [1.807, 2.05) is 0 Å². The number of phenols is 2. The molecule has 0 fully saturated rings. The number of aliphatic hydroxyl groups is 1. The second-order valence-corrected chi connectivity index (χ2v) is 3.56. The zero-order valence-electron chi connectivity index (χ0n) is 9.67. The van der Waals surface area contributed by atoms with E-state index in [1.54, 1.807) is 0 Å². The van der Waals surface area contributed by atoms with E-state index in [-0.39, 0.29) is 5.75 Å². The second kappa shape index (κ2) is 4.92. The summed E-state index contributed by atoms with van der Waals surface area (Å²) in [5.41, 5.74) is -1.16. The molecule has 1 aromatic rings. The summed E-state index contributed by atoms with van der Waals surface area (Å²) in [6.45, 7) is 1.04. The van der Waals surface area contributed by atoms with Crippen LogP contribution in [0.5, 0.6) is 17.2 Å². The minimum atomic E-state index is -1.82. The number of carbonyl (C=O) groups is 2. The third-order valence-corrected chi connectivity index (χ3v) is 2.35. The van der Waals surface area contributed by atoms with E-state index < -0.39 is 40.5 Å². The highest BCUT2D eigenvalue weighted by atomic mass is 16.5. The number of ketones is 1. The lowest BCUT2D eigenvalue weighted by Gasteiger charge is -2.17. The number of hydrogen-bond donors (Lipinski definition) is 4. The Bertz CT molecular complexity index is 507. The third kappa shape index (κ3) is 2.21. The van der Waals surface area contributed by atoms with Gasteiger partial charge >= 0.3 is 5.97 Å². The number of Topliss-reactive ketones (excluding diaryl/α,β-unsaturated/α-hetero) is 1. The summed E-state index contributed by atoms with van der Waals surface area (Å²) in [7, 11) is 1.13. The first-order chi connectivity index (χ1) is 8.31. The highest BCUT2D eigenvalue weighted by Gasteiger charge is 2.30. The van der Waals surface area contributed by atoms with Crippen molar-refractivity contribution in [1.29, 1.82) is 0 Å². The van der Waals surface area contributed by atoms with Crippen molar-refractivity contribution in [3.05, 3.63) is 17.2 Å². The molecule has 7 heteroatoms. The van der Waals surface area contributed by atoms with E-state index in [4.69, 9.17) is 9.84 Å². The summed E-state index contributed by atoms with van der Waals surface area (Å²) in [6, 6.07) is 0.763. The first kappa shape index (κ1) is 13.8. The number of ether oxygens (including phenoxy) is 1. The van der Waals surface area contributed by atoms with Crippen LogP contribution < -0.4 is 4.74 Å². The van der Waals surface area contributed by atoms with Crippen molar-refractivity contribution >= 4 is 11.8 Å². The van der Waals surface area contributed by atoms with Gasteiger partial charge in [-0.2, -0.15) is 0 Å². The molecule has 0 aliphatic rings. The maximum absolute atomic E-state index is 11.1. The van der Waals surface area contributed by atoms with Crippen LogP contribution in [0, 0.1) is 0 Å². The molecule has 0 saturated heterocycles. The molecule has 0 aliphatic heterocycles. The van der Waals surface area contributed by atoms with Gasteiger partial charge in [0.05, 0.1) is 12.7 Å². The van der Waals surface area contributed by atoms with Gasteiger partial charge in [0.15, 0.2) is 17.3 Å². The number of benzene rings is 1. The molecule has 0 aromatic heterocycles. The number of methoxy groups -OCH3 is 1. The Morgan fingerprint density at radius 1 is 1.28 bits per heavy atom. The maximum atomic E-state index is 11.1. The number of hydrogen-bond acceptors (Lipinski definition) is 6. The fraction of sp³-hybridized carbons (Fsp3) is 0.273. The van der Waals surface area contributed by atoms with Crippen LogP contribution in [0.15, 0.2) is 6.07 Å². The predicted molar refractivity (Wildman–Crippen MR) is 58.9 cm³/mol. The molecule has 0 saturated carbocycles. The molecule has 98 valence electrons. The van der Waals surface area contributed by atoms with Gasteiger partial charge < -0.3 is 25.2 Å². The highest BCUT2D eigenvalue weighted by molar-refractivity contribution is 5.97. The molecular formula is C11H12O7. The number of rotatable bonds is 4. The van der Waals surface area contributed by atoms with Gasteiger partial charge in [0.2, 0.25) is 0 Å². The number of aliphatic hydroxyl groups excluding tert-OH is 1. The molecule has 18 heavy (non-hydrogen) atoms. The number of carbonyl (C=O) groups excluding carboxylic acids is 1. The van der Waals surface area contributed by atoms with Crippen molar-refractivity contribution in [1.82, 2.24) is 0 Å². The van der Waals surface area contributed by atoms with E-state index in [1.165, 1.54) is 0 Å². The molecular weight excluding hydrogens is 244 g/mol. The van der Waals surface area contributed by atoms with E-state index >= 15 is 0 Å². The Balaban J connectivity index is 3.70. The van der Waals surface area contributed by atoms with E-state index in [0.717, 1.165) is 20.1 Å². The zero-order valence-corrected chi connectivity index (χ0v) is 9.67. The fourth-order valence-corrected chi connectivity index (χ4v) is 1.56. The largest absolute Gasteiger partial charge is 0.507 e. The van der Waals surface area contributed by atoms with Crippen LogP contribution >= 0.6 is 0 Å². The van der Waals surface area contributed by atoms with Gasteiger partial charge in [0.25, 0.3) is 0 Å². The number of aromatic carboxylic acids is 1. The normalized spacial score (nSPS) is 11.9. The Morgan fingerprint density at radius 2 is 1.83 bits per heavy atom. The second-order valence-electron chi connectivity index (χ2n) is 3.56. The Morgan fingerprint density at radius 3 is 2.22 bits per heavy atom. The number of carboxylic acids is 1. The average molecular weight is 256 g/mol. The Labute approximate surface area is 102 Å². The van der Waals surface area contributed by atoms with Crippen molar-refractivity contribution in [2.45, 2.75) is 13.0 Å². The van der Waals surface area contributed by atoms with Crippen molar-refractivity contribution in [2.75, 3.05) is 7.11 Å². The number of phenolic OH excluding ortho intramolecular Hbond substituents is 1. The third-order valence-electron chi connectivity index (χ3n) is 2.35. The summed E-state index contributed by atoms with van der Waals surface area (Å²) in [5, 5.41) is 37.6. The molecule has 0 amide bonds. The number of carboxylic acid groups (broad SMARTS) is 1. The van der Waals surface area contributed by atoms with Crippen LogP contribution in [-0.4, -0.2) is 39.3 Å². The maximum Gasteiger partial charge on any atom is 0.340 e. The summed E-state index contributed by atoms with van der Waals surface area (Å²) in [6.07, 6.45) is -1.82. The quantitative estimate of drug-likeness (QED) is 0.615. The van der Waals surface area contributed by atoms with Gasteiger partial charge in [-0.1, -0.05) is 0 Å². The van der Waals surface area contributed by atoms with Gasteiger partial charge in [-0.25, -0.2) is 4.79 Å². The summed E-state index contributed by atoms with van der Waals surface area (Å²) < 4.78 is 4.76. The van der Waals surface area contributed by atoms with Crippen LogP contribution in [-0.2, 0) is 4.79 Å². The molecule has 4 N–H and O–H groups in total. The molecule has 0 unspecified atom stereocenters. The predicted octanol–water partition coefficient (Wildman–Crippen LogP) is 0.427. The first-order valence-electron chi connectivity index (χ1n) is 4.85. The lowest BCUT2D eigenvalue weighted by Crippen LogP contribution is -2.15. The van der Waals surface area contributed by atoms with Gasteiger partial charge in [-0.3, -0.25) is 4.79 Å². The molecule has 1 rings (SSSR count). The SMILES string of the molecule is COc1c(O)cc(O)c(C(=O)O)c1[C@@H](O)C(C)=O. The van der Waals surface area contributed by atoms with Gasteiger partial charge in [0, 0.05) is 6.07 Å². The first-order valence-corrected chi connectivity index (χ1v) is 4.85. The lowest BCUT2D eigenvalue weighted by molar-refractivity contribution is -0.125. The van der Waals surface area contributed by atoms with Crippen molar-refractivity contribution in [2.24, 2.45) is 0 Å². The van der Waals surface area contributed by atoms with Crippen LogP contribution in [0.4, 0.5) is 0 Å². The van der Waals surface area contributed by atoms with Crippen molar-refractivity contribution in [3.8, 4) is 17.2 Å². The molecule has 0 heterocycles. The molecule has 1 aromatic carbocycles. The summed E-state index contributed by atoms with van der Waals surface area (Å²) >= 11 is 0. The van der Waals surface area contributed by atoms with Gasteiger partial charge in [-0.05, 0) is 6.92 Å². The Kier molecular flexibility index (Phi) is 3.77. The average Bonchev–Trinajstić information content (AvgIpc) is 2.26. The van der Waals surface area contributed by atoms with Crippen LogP contribution in [0.2, 0.25) is 0 Å². The monoisotopic (exact) mass is 256 g/mol. The topological polar surface area (TPSA) is 124 Å². The summed E-state index contributed by atoms with van der Waals surface area (Å²) in [4.78, 5) is 22.2. The molecule has 7 nitrogen and oxygen atoms in total. The molecule has 0 spiro atoms. The van der Waals surface area contributed by atoms with Crippen molar-refractivity contribution in [3.63, 3.8) is 0 Å². The smallest absolute Gasteiger partial charge is 0.340 e. The summed E-state index contributed by atoms with van der Waals surface area (Å²) in [5.74, 6) is -4.01. The van der Waals surface area contributed by atoms with Gasteiger partial charge in [0.1, 0.15) is 17.4 Å². The highest BCUT2D eigenvalue weighted by Crippen LogP contribution is 2.41. The van der Waals surface area contributed by atoms with E-state index in [0.29, 0.717) is 0 Å². The van der Waals surface area contributed by atoms with Gasteiger partial charge in [-0.15, -0.1) is 0 Å². The molecule has 0 aliphatic carbocycles. The fourth-order valence-electron chi connectivity index (χ4n) is 1.56. The van der Waals surface area contributed by atoms with Crippen LogP contribution in [0.3, 0.4) is 0 Å². The standard InChI is InChI=1S/C11H12O7/c1-4(12)9(15)8-7(11(16)17)5(13)3-6(14)10(8)18-2/h3,9,13-15H,1-2H3,(H,16,17)/t9-/m0/s1. The molecule has 0 radical (unpaired) electrons. The minimum Gasteiger partial charge on any atom is -0.507 e. The van der Waals surface area contributed by atoms with E-state index in [9.17, 15) is 24.9 Å².